The predicted molar refractivity (Wildman–Crippen MR) is 100.0 cm³/mol. The van der Waals surface area contributed by atoms with Gasteiger partial charge in [0.15, 0.2) is 0 Å². The lowest BCUT2D eigenvalue weighted by Crippen LogP contribution is -2.33. The van der Waals surface area contributed by atoms with Gasteiger partial charge in [-0.25, -0.2) is 0 Å². The molecule has 0 aromatic heterocycles. The maximum absolute atomic E-state index is 12.0. The highest BCUT2D eigenvalue weighted by atomic mass is 79.9. The number of aryl methyl sites for hydroxylation is 1. The van der Waals surface area contributed by atoms with Crippen LogP contribution < -0.4 is 10.6 Å². The second kappa shape index (κ2) is 8.64. The van der Waals surface area contributed by atoms with Crippen LogP contribution in [0, 0.1) is 6.92 Å². The maximum Gasteiger partial charge on any atom is 0.243 e. The lowest BCUT2D eigenvalue weighted by Gasteiger charge is -2.12. The molecule has 0 aliphatic carbocycles. The van der Waals surface area contributed by atoms with Gasteiger partial charge in [-0.05, 0) is 42.2 Å². The largest absolute Gasteiger partial charge is 0.347 e. The molecule has 126 valence electrons. The third-order valence-electron chi connectivity index (χ3n) is 3.77. The number of carbonyl (C=O) groups excluding carboxylic acids is 2. The summed E-state index contributed by atoms with van der Waals surface area (Å²) in [4.78, 5) is 24.0. The summed E-state index contributed by atoms with van der Waals surface area (Å²) in [6, 6.07) is 15.5. The van der Waals surface area contributed by atoms with E-state index in [4.69, 9.17) is 0 Å². The molecule has 0 fully saturated rings. The Bertz CT molecular complexity index is 717. The van der Waals surface area contributed by atoms with Crippen LogP contribution in [0.25, 0.3) is 0 Å². The first-order chi connectivity index (χ1) is 11.5. The molecule has 0 saturated heterocycles. The fraction of sp³-hybridized carbons (Fsp3) is 0.263. The van der Waals surface area contributed by atoms with Gasteiger partial charge in [-0.2, -0.15) is 0 Å². The average molecular weight is 389 g/mol. The van der Waals surface area contributed by atoms with E-state index in [-0.39, 0.29) is 24.3 Å². The van der Waals surface area contributed by atoms with E-state index in [1.54, 1.807) is 0 Å². The lowest BCUT2D eigenvalue weighted by atomic mass is 9.98. The van der Waals surface area contributed by atoms with Crippen LogP contribution in [-0.4, -0.2) is 18.4 Å². The zero-order valence-electron chi connectivity index (χ0n) is 13.8. The number of hydrogen-bond donors (Lipinski definition) is 2. The minimum absolute atomic E-state index is 0.0319. The Kier molecular flexibility index (Phi) is 6.55. The molecule has 0 heterocycles. The summed E-state index contributed by atoms with van der Waals surface area (Å²) in [5.74, 6) is -0.252. The van der Waals surface area contributed by atoms with Crippen molar-refractivity contribution in [2.24, 2.45) is 0 Å². The lowest BCUT2D eigenvalue weighted by molar-refractivity contribution is -0.124. The summed E-state index contributed by atoms with van der Waals surface area (Å²) in [6.45, 7) is 3.89. The van der Waals surface area contributed by atoms with Crippen molar-refractivity contribution in [2.45, 2.75) is 26.2 Å². The molecular weight excluding hydrogens is 368 g/mol. The normalized spacial score (nSPS) is 11.6. The number of anilines is 1. The predicted octanol–water partition coefficient (Wildman–Crippen LogP) is 4.01. The summed E-state index contributed by atoms with van der Waals surface area (Å²) in [7, 11) is 0. The van der Waals surface area contributed by atoms with Crippen LogP contribution in [0.3, 0.4) is 0 Å². The molecule has 0 bridgehead atoms. The standard InChI is InChI=1S/C19H21BrN2O2/c1-13(15-6-4-3-5-7-15)11-18(23)21-12-19(24)22-17-9-8-16(20)10-14(17)2/h3-10,13H,11-12H2,1-2H3,(H,21,23)(H,22,24). The highest BCUT2D eigenvalue weighted by Gasteiger charge is 2.12. The topological polar surface area (TPSA) is 58.2 Å². The fourth-order valence-electron chi connectivity index (χ4n) is 2.39. The monoisotopic (exact) mass is 388 g/mol. The Morgan fingerprint density at radius 3 is 2.46 bits per heavy atom. The first-order valence-electron chi connectivity index (χ1n) is 7.83. The Balaban J connectivity index is 1.80. The summed E-state index contributed by atoms with van der Waals surface area (Å²) in [5.41, 5.74) is 2.82. The van der Waals surface area contributed by atoms with E-state index >= 15 is 0 Å². The fourth-order valence-corrected chi connectivity index (χ4v) is 2.87. The van der Waals surface area contributed by atoms with Gasteiger partial charge in [0.1, 0.15) is 0 Å². The van der Waals surface area contributed by atoms with Gasteiger partial charge >= 0.3 is 0 Å². The number of carbonyl (C=O) groups is 2. The van der Waals surface area contributed by atoms with Crippen molar-refractivity contribution in [1.82, 2.24) is 5.32 Å². The first-order valence-corrected chi connectivity index (χ1v) is 8.62. The van der Waals surface area contributed by atoms with E-state index in [2.05, 4.69) is 26.6 Å². The van der Waals surface area contributed by atoms with E-state index in [1.165, 1.54) is 0 Å². The van der Waals surface area contributed by atoms with Crippen molar-refractivity contribution in [3.05, 3.63) is 64.1 Å². The Hall–Kier alpha value is -2.14. The average Bonchev–Trinajstić information content (AvgIpc) is 2.56. The molecule has 0 radical (unpaired) electrons. The Morgan fingerprint density at radius 2 is 1.79 bits per heavy atom. The van der Waals surface area contributed by atoms with Crippen LogP contribution in [0.5, 0.6) is 0 Å². The Labute approximate surface area is 150 Å². The number of amides is 2. The van der Waals surface area contributed by atoms with Crippen LogP contribution in [0.1, 0.15) is 30.4 Å². The second-order valence-electron chi connectivity index (χ2n) is 5.80. The molecule has 4 nitrogen and oxygen atoms in total. The highest BCUT2D eigenvalue weighted by molar-refractivity contribution is 9.10. The highest BCUT2D eigenvalue weighted by Crippen LogP contribution is 2.20. The molecule has 0 aliphatic heterocycles. The maximum atomic E-state index is 12.0. The molecule has 1 unspecified atom stereocenters. The molecule has 5 heteroatoms. The number of halogens is 1. The molecule has 2 rings (SSSR count). The van der Waals surface area contributed by atoms with Crippen molar-refractivity contribution in [3.63, 3.8) is 0 Å². The Morgan fingerprint density at radius 1 is 1.08 bits per heavy atom. The van der Waals surface area contributed by atoms with Crippen LogP contribution in [0.2, 0.25) is 0 Å². The zero-order chi connectivity index (χ0) is 17.5. The van der Waals surface area contributed by atoms with Crippen molar-refractivity contribution in [1.29, 1.82) is 0 Å². The second-order valence-corrected chi connectivity index (χ2v) is 6.72. The van der Waals surface area contributed by atoms with Crippen LogP contribution >= 0.6 is 15.9 Å². The van der Waals surface area contributed by atoms with Crippen molar-refractivity contribution in [3.8, 4) is 0 Å². The van der Waals surface area contributed by atoms with Crippen molar-refractivity contribution in [2.75, 3.05) is 11.9 Å². The zero-order valence-corrected chi connectivity index (χ0v) is 15.4. The van der Waals surface area contributed by atoms with Crippen molar-refractivity contribution >= 4 is 33.4 Å². The molecule has 2 aromatic carbocycles. The molecule has 1 atom stereocenters. The van der Waals surface area contributed by atoms with Gasteiger partial charge < -0.3 is 10.6 Å². The third kappa shape index (κ3) is 5.49. The SMILES string of the molecule is Cc1cc(Br)ccc1NC(=O)CNC(=O)CC(C)c1ccccc1. The molecule has 2 N–H and O–H groups in total. The molecule has 24 heavy (non-hydrogen) atoms. The molecule has 0 aliphatic rings. The quantitative estimate of drug-likeness (QED) is 0.785. The summed E-state index contributed by atoms with van der Waals surface area (Å²) < 4.78 is 0.959. The van der Waals surface area contributed by atoms with Crippen molar-refractivity contribution < 1.29 is 9.59 Å². The van der Waals surface area contributed by atoms with E-state index in [0.29, 0.717) is 6.42 Å². The van der Waals surface area contributed by atoms with Gasteiger partial charge in [0.2, 0.25) is 11.8 Å². The van der Waals surface area contributed by atoms with Gasteiger partial charge in [-0.1, -0.05) is 53.2 Å². The van der Waals surface area contributed by atoms with Gasteiger partial charge in [-0.15, -0.1) is 0 Å². The van der Waals surface area contributed by atoms with E-state index in [0.717, 1.165) is 21.3 Å². The smallest absolute Gasteiger partial charge is 0.243 e. The van der Waals surface area contributed by atoms with Crippen LogP contribution in [-0.2, 0) is 9.59 Å². The molecule has 2 amide bonds. The van der Waals surface area contributed by atoms with Crippen LogP contribution in [0.15, 0.2) is 53.0 Å². The van der Waals surface area contributed by atoms with Gasteiger partial charge in [-0.3, -0.25) is 9.59 Å². The summed E-state index contributed by atoms with van der Waals surface area (Å²) in [5, 5.41) is 5.48. The summed E-state index contributed by atoms with van der Waals surface area (Å²) >= 11 is 3.38. The number of benzene rings is 2. The van der Waals surface area contributed by atoms with E-state index in [1.807, 2.05) is 62.4 Å². The number of nitrogens with one attached hydrogen (secondary N) is 2. The molecule has 0 saturated carbocycles. The van der Waals surface area contributed by atoms with Crippen LogP contribution in [0.4, 0.5) is 5.69 Å². The van der Waals surface area contributed by atoms with Gasteiger partial charge in [0, 0.05) is 16.6 Å². The van der Waals surface area contributed by atoms with E-state index < -0.39 is 0 Å². The third-order valence-corrected chi connectivity index (χ3v) is 4.26. The minimum atomic E-state index is -0.235. The molecular formula is C19H21BrN2O2. The molecule has 0 spiro atoms. The number of hydrogen-bond acceptors (Lipinski definition) is 2. The van der Waals surface area contributed by atoms with Gasteiger partial charge in [0.25, 0.3) is 0 Å². The van der Waals surface area contributed by atoms with E-state index in [9.17, 15) is 9.59 Å². The first kappa shape index (κ1) is 18.2. The molecule has 2 aromatic rings. The minimum Gasteiger partial charge on any atom is -0.347 e. The van der Waals surface area contributed by atoms with Gasteiger partial charge in [0.05, 0.1) is 6.54 Å². The number of rotatable bonds is 6. The summed E-state index contributed by atoms with van der Waals surface area (Å²) in [6.07, 6.45) is 0.356.